The summed E-state index contributed by atoms with van der Waals surface area (Å²) < 4.78 is 0. The van der Waals surface area contributed by atoms with E-state index >= 15 is 0 Å². The zero-order chi connectivity index (χ0) is 11.1. The van der Waals surface area contributed by atoms with Crippen LogP contribution < -0.4 is 0 Å². The highest BCUT2D eigenvalue weighted by Gasteiger charge is 2.05. The maximum atomic E-state index is 2.42. The second-order valence-corrected chi connectivity index (χ2v) is 5.42. The molecule has 0 aliphatic rings. The third kappa shape index (κ3) is 4.38. The molecule has 1 aromatic heterocycles. The van der Waals surface area contributed by atoms with E-state index in [0.717, 1.165) is 5.92 Å². The summed E-state index contributed by atoms with van der Waals surface area (Å²) in [5, 5.41) is 2.35. The SMILES string of the molecule is CCCCCCc1csc(C(C)CC)c1. The van der Waals surface area contributed by atoms with Gasteiger partial charge in [-0.05, 0) is 42.2 Å². The van der Waals surface area contributed by atoms with Gasteiger partial charge in [-0.1, -0.05) is 40.0 Å². The second-order valence-electron chi connectivity index (χ2n) is 4.48. The number of hydrogen-bond acceptors (Lipinski definition) is 1. The summed E-state index contributed by atoms with van der Waals surface area (Å²) in [5.74, 6) is 0.749. The molecule has 0 aromatic carbocycles. The van der Waals surface area contributed by atoms with Crippen LogP contribution in [0.5, 0.6) is 0 Å². The van der Waals surface area contributed by atoms with E-state index in [1.54, 1.807) is 10.4 Å². The fourth-order valence-corrected chi connectivity index (χ4v) is 2.83. The van der Waals surface area contributed by atoms with Crippen molar-refractivity contribution < 1.29 is 0 Å². The van der Waals surface area contributed by atoms with Gasteiger partial charge in [0.15, 0.2) is 0 Å². The van der Waals surface area contributed by atoms with Crippen molar-refractivity contribution in [1.82, 2.24) is 0 Å². The fourth-order valence-electron chi connectivity index (χ4n) is 1.74. The van der Waals surface area contributed by atoms with E-state index in [4.69, 9.17) is 0 Å². The first-order chi connectivity index (χ1) is 7.27. The molecular weight excluding hydrogens is 200 g/mol. The number of rotatable bonds is 7. The zero-order valence-electron chi connectivity index (χ0n) is 10.4. The van der Waals surface area contributed by atoms with Gasteiger partial charge in [0.05, 0.1) is 0 Å². The third-order valence-electron chi connectivity index (χ3n) is 3.09. The second kappa shape index (κ2) is 7.05. The van der Waals surface area contributed by atoms with Crippen molar-refractivity contribution in [2.24, 2.45) is 0 Å². The maximum absolute atomic E-state index is 2.42. The highest BCUT2D eigenvalue weighted by atomic mass is 32.1. The molecule has 0 nitrogen and oxygen atoms in total. The Morgan fingerprint density at radius 3 is 2.67 bits per heavy atom. The van der Waals surface area contributed by atoms with Gasteiger partial charge in [0, 0.05) is 4.88 Å². The Morgan fingerprint density at radius 1 is 1.20 bits per heavy atom. The molecule has 15 heavy (non-hydrogen) atoms. The van der Waals surface area contributed by atoms with Crippen LogP contribution in [0, 0.1) is 0 Å². The molecule has 0 radical (unpaired) electrons. The van der Waals surface area contributed by atoms with E-state index < -0.39 is 0 Å². The summed E-state index contributed by atoms with van der Waals surface area (Å²) in [6.45, 7) is 6.86. The Kier molecular flexibility index (Phi) is 6.00. The Morgan fingerprint density at radius 2 is 2.00 bits per heavy atom. The first-order valence-corrected chi connectivity index (χ1v) is 7.23. The number of aryl methyl sites for hydroxylation is 1. The quantitative estimate of drug-likeness (QED) is 0.545. The average Bonchev–Trinajstić information content (AvgIpc) is 2.72. The minimum atomic E-state index is 0.749. The van der Waals surface area contributed by atoms with Crippen molar-refractivity contribution in [2.45, 2.75) is 65.2 Å². The van der Waals surface area contributed by atoms with Crippen molar-refractivity contribution in [3.8, 4) is 0 Å². The van der Waals surface area contributed by atoms with Gasteiger partial charge >= 0.3 is 0 Å². The van der Waals surface area contributed by atoms with Gasteiger partial charge in [0.1, 0.15) is 0 Å². The van der Waals surface area contributed by atoms with Crippen molar-refractivity contribution in [1.29, 1.82) is 0 Å². The van der Waals surface area contributed by atoms with E-state index in [1.807, 2.05) is 11.3 Å². The van der Waals surface area contributed by atoms with Crippen molar-refractivity contribution in [2.75, 3.05) is 0 Å². The molecule has 1 rings (SSSR count). The Bertz CT molecular complexity index is 262. The monoisotopic (exact) mass is 224 g/mol. The normalized spacial score (nSPS) is 13.0. The summed E-state index contributed by atoms with van der Waals surface area (Å²) in [6.07, 6.45) is 8.03. The van der Waals surface area contributed by atoms with Crippen molar-refractivity contribution >= 4 is 11.3 Å². The molecule has 0 fully saturated rings. The highest BCUT2D eigenvalue weighted by molar-refractivity contribution is 7.10. The average molecular weight is 224 g/mol. The lowest BCUT2D eigenvalue weighted by atomic mass is 10.0. The molecule has 1 aromatic rings. The molecule has 0 saturated heterocycles. The topological polar surface area (TPSA) is 0 Å². The summed E-state index contributed by atoms with van der Waals surface area (Å²) in [4.78, 5) is 1.57. The first-order valence-electron chi connectivity index (χ1n) is 6.35. The van der Waals surface area contributed by atoms with Crippen LogP contribution in [0.1, 0.15) is 69.2 Å². The van der Waals surface area contributed by atoms with Crippen LogP contribution >= 0.6 is 11.3 Å². The molecule has 0 N–H and O–H groups in total. The molecule has 0 spiro atoms. The van der Waals surface area contributed by atoms with Gasteiger partial charge in [-0.25, -0.2) is 0 Å². The largest absolute Gasteiger partial charge is 0.148 e. The molecule has 86 valence electrons. The summed E-state index contributed by atoms with van der Waals surface area (Å²) in [6, 6.07) is 2.42. The van der Waals surface area contributed by atoms with E-state index in [2.05, 4.69) is 32.2 Å². The Hall–Kier alpha value is -0.300. The van der Waals surface area contributed by atoms with Crippen LogP contribution in [0.15, 0.2) is 11.4 Å². The molecule has 1 heterocycles. The lowest BCUT2D eigenvalue weighted by Gasteiger charge is -2.03. The molecule has 1 heteroatoms. The standard InChI is InChI=1S/C14H24S/c1-4-6-7-8-9-13-10-14(15-11-13)12(3)5-2/h10-12H,4-9H2,1-3H3. The van der Waals surface area contributed by atoms with Crippen molar-refractivity contribution in [3.63, 3.8) is 0 Å². The Balaban J connectivity index is 2.33. The molecule has 1 unspecified atom stereocenters. The first kappa shape index (κ1) is 12.8. The number of hydrogen-bond donors (Lipinski definition) is 0. The van der Waals surface area contributed by atoms with Gasteiger partial charge in [0.25, 0.3) is 0 Å². The molecular formula is C14H24S. The number of thiophene rings is 1. The van der Waals surface area contributed by atoms with Gasteiger partial charge in [-0.2, -0.15) is 0 Å². The van der Waals surface area contributed by atoms with Crippen LogP contribution in [0.25, 0.3) is 0 Å². The van der Waals surface area contributed by atoms with E-state index in [0.29, 0.717) is 0 Å². The van der Waals surface area contributed by atoms with Crippen LogP contribution in [0.4, 0.5) is 0 Å². The van der Waals surface area contributed by atoms with E-state index in [-0.39, 0.29) is 0 Å². The molecule has 0 aliphatic carbocycles. The summed E-state index contributed by atoms with van der Waals surface area (Å²) >= 11 is 1.95. The van der Waals surface area contributed by atoms with Gasteiger partial charge in [0.2, 0.25) is 0 Å². The van der Waals surface area contributed by atoms with Crippen LogP contribution in [0.2, 0.25) is 0 Å². The van der Waals surface area contributed by atoms with Crippen molar-refractivity contribution in [3.05, 3.63) is 21.9 Å². The van der Waals surface area contributed by atoms with Gasteiger partial charge < -0.3 is 0 Å². The summed E-state index contributed by atoms with van der Waals surface area (Å²) in [7, 11) is 0. The highest BCUT2D eigenvalue weighted by Crippen LogP contribution is 2.26. The minimum Gasteiger partial charge on any atom is -0.148 e. The minimum absolute atomic E-state index is 0.749. The molecule has 0 aliphatic heterocycles. The van der Waals surface area contributed by atoms with E-state index in [9.17, 15) is 0 Å². The van der Waals surface area contributed by atoms with Crippen LogP contribution in [-0.4, -0.2) is 0 Å². The Labute approximate surface area is 98.7 Å². The van der Waals surface area contributed by atoms with Gasteiger partial charge in [-0.15, -0.1) is 11.3 Å². The fraction of sp³-hybridized carbons (Fsp3) is 0.714. The predicted molar refractivity (Wildman–Crippen MR) is 70.9 cm³/mol. The van der Waals surface area contributed by atoms with Gasteiger partial charge in [-0.3, -0.25) is 0 Å². The predicted octanol–water partition coefficient (Wildman–Crippen LogP) is 5.38. The number of unbranched alkanes of at least 4 members (excludes halogenated alkanes) is 3. The lowest BCUT2D eigenvalue weighted by molar-refractivity contribution is 0.667. The third-order valence-corrected chi connectivity index (χ3v) is 4.30. The molecule has 0 saturated carbocycles. The molecule has 0 bridgehead atoms. The lowest BCUT2D eigenvalue weighted by Crippen LogP contribution is -1.86. The summed E-state index contributed by atoms with van der Waals surface area (Å²) in [5.41, 5.74) is 1.56. The van der Waals surface area contributed by atoms with Crippen LogP contribution in [-0.2, 0) is 6.42 Å². The van der Waals surface area contributed by atoms with Crippen LogP contribution in [0.3, 0.4) is 0 Å². The maximum Gasteiger partial charge on any atom is 0.00761 e. The smallest absolute Gasteiger partial charge is 0.00761 e. The zero-order valence-corrected chi connectivity index (χ0v) is 11.2. The molecule has 1 atom stereocenters. The molecule has 0 amide bonds. The van der Waals surface area contributed by atoms with E-state index in [1.165, 1.54) is 38.5 Å².